The number of halogens is 3. The number of sulfonamides is 1. The summed E-state index contributed by atoms with van der Waals surface area (Å²) in [4.78, 5) is 18.6. The molecule has 1 heterocycles. The molecule has 0 saturated carbocycles. The van der Waals surface area contributed by atoms with Gasteiger partial charge < -0.3 is 10.6 Å². The van der Waals surface area contributed by atoms with Crippen molar-refractivity contribution >= 4 is 38.8 Å². The van der Waals surface area contributed by atoms with Crippen molar-refractivity contribution in [2.75, 3.05) is 17.7 Å². The summed E-state index contributed by atoms with van der Waals surface area (Å²) < 4.78 is 63.1. The van der Waals surface area contributed by atoms with Crippen LogP contribution in [0.3, 0.4) is 0 Å². The van der Waals surface area contributed by atoms with Gasteiger partial charge in [0.2, 0.25) is 0 Å². The Hall–Kier alpha value is -2.93. The maximum Gasteiger partial charge on any atom is 0.416 e. The average Bonchev–Trinajstić information content (AvgIpc) is 3.22. The smallest absolute Gasteiger partial charge is 0.308 e. The molecule has 2 aromatic carbocycles. The van der Waals surface area contributed by atoms with E-state index in [4.69, 9.17) is 0 Å². The highest BCUT2D eigenvalue weighted by Crippen LogP contribution is 2.33. The van der Waals surface area contributed by atoms with Crippen LogP contribution in [-0.2, 0) is 21.0 Å². The lowest BCUT2D eigenvalue weighted by molar-refractivity contribution is -0.137. The quantitative estimate of drug-likeness (QED) is 0.445. The Morgan fingerprint density at radius 2 is 1.84 bits per heavy atom. The molecular weight excluding hydrogens is 455 g/mol. The van der Waals surface area contributed by atoms with Gasteiger partial charge in [0.1, 0.15) is 0 Å². The van der Waals surface area contributed by atoms with Crippen LogP contribution in [0.4, 0.5) is 29.3 Å². The normalized spacial score (nSPS) is 11.9. The number of alkyl halides is 3. The first-order valence-electron chi connectivity index (χ1n) is 8.57. The zero-order valence-electron chi connectivity index (χ0n) is 15.9. The van der Waals surface area contributed by atoms with Crippen LogP contribution in [0.1, 0.15) is 5.56 Å². The number of carbonyl (C=O) groups excluding carboxylic acids is 1. The van der Waals surface area contributed by atoms with Crippen LogP contribution in [0, 0.1) is 0 Å². The summed E-state index contributed by atoms with van der Waals surface area (Å²) in [5.41, 5.74) is 0.402. The molecule has 12 heteroatoms. The molecule has 3 rings (SSSR count). The van der Waals surface area contributed by atoms with E-state index in [0.29, 0.717) is 5.56 Å². The van der Waals surface area contributed by atoms with Crippen molar-refractivity contribution in [3.63, 3.8) is 0 Å². The van der Waals surface area contributed by atoms with Gasteiger partial charge in [0.25, 0.3) is 10.0 Å². The highest BCUT2D eigenvalue weighted by molar-refractivity contribution is 7.89. The van der Waals surface area contributed by atoms with Crippen molar-refractivity contribution in [1.82, 2.24) is 4.89 Å². The van der Waals surface area contributed by atoms with E-state index in [1.807, 2.05) is 4.89 Å². The van der Waals surface area contributed by atoms with E-state index < -0.39 is 27.8 Å². The lowest BCUT2D eigenvalue weighted by Crippen LogP contribution is -2.23. The number of hydrogen-bond acceptors (Lipinski definition) is 5. The molecule has 0 bridgehead atoms. The van der Waals surface area contributed by atoms with E-state index in [-0.39, 0.29) is 16.3 Å². The first-order chi connectivity index (χ1) is 14.6. The molecular formula is C19H16F3N3O4S2. The third-order valence-corrected chi connectivity index (χ3v) is 5.97. The molecule has 0 spiro atoms. The maximum absolute atomic E-state index is 12.9. The standard InChI is InChI=1S/C19H16F3N3O4S2/c1-29-25-31(27,28)15-5-6-16(12-7-8-30-11-12)17(10-15)24-18(26)23-14-4-2-3-13(9-14)19(20,21)22/h2-11,25H,1H3,(H2,23,24,26). The van der Waals surface area contributed by atoms with E-state index >= 15 is 0 Å². The Bertz CT molecular complexity index is 1180. The van der Waals surface area contributed by atoms with Crippen LogP contribution in [0.15, 0.2) is 64.2 Å². The summed E-state index contributed by atoms with van der Waals surface area (Å²) in [6, 6.07) is 9.15. The van der Waals surface area contributed by atoms with Gasteiger partial charge >= 0.3 is 12.2 Å². The Morgan fingerprint density at radius 3 is 2.48 bits per heavy atom. The second-order valence-corrected chi connectivity index (χ2v) is 8.59. The van der Waals surface area contributed by atoms with Gasteiger partial charge in [-0.1, -0.05) is 17.0 Å². The lowest BCUT2D eigenvalue weighted by Gasteiger charge is -2.14. The molecule has 0 aliphatic rings. The van der Waals surface area contributed by atoms with Gasteiger partial charge in [0.05, 0.1) is 23.3 Å². The minimum Gasteiger partial charge on any atom is -0.308 e. The van der Waals surface area contributed by atoms with E-state index in [1.54, 1.807) is 16.8 Å². The number of carbonyl (C=O) groups is 1. The fourth-order valence-corrected chi connectivity index (χ4v) is 4.17. The SMILES string of the molecule is CONS(=O)(=O)c1ccc(-c2ccsc2)c(NC(=O)Nc2cccc(C(F)(F)F)c2)c1. The molecule has 0 saturated heterocycles. The Balaban J connectivity index is 1.91. The third-order valence-electron chi connectivity index (χ3n) is 4.02. The van der Waals surface area contributed by atoms with Gasteiger partial charge in [0.15, 0.2) is 0 Å². The average molecular weight is 471 g/mol. The maximum atomic E-state index is 12.9. The Labute approximate surface area is 179 Å². The number of benzene rings is 2. The van der Waals surface area contributed by atoms with Gasteiger partial charge in [-0.15, -0.1) is 0 Å². The van der Waals surface area contributed by atoms with Gasteiger partial charge in [-0.05, 0) is 52.7 Å². The Kier molecular flexibility index (Phi) is 6.65. The van der Waals surface area contributed by atoms with Crippen molar-refractivity contribution in [2.24, 2.45) is 0 Å². The largest absolute Gasteiger partial charge is 0.416 e. The van der Waals surface area contributed by atoms with E-state index in [2.05, 4.69) is 15.5 Å². The summed E-state index contributed by atoms with van der Waals surface area (Å²) in [6.07, 6.45) is -4.56. The van der Waals surface area contributed by atoms with Crippen molar-refractivity contribution in [2.45, 2.75) is 11.1 Å². The summed E-state index contributed by atoms with van der Waals surface area (Å²) in [5.74, 6) is 0. The van der Waals surface area contributed by atoms with Gasteiger partial charge in [0, 0.05) is 11.3 Å². The molecule has 0 atom stereocenters. The molecule has 31 heavy (non-hydrogen) atoms. The molecule has 3 aromatic rings. The van der Waals surface area contributed by atoms with E-state index in [1.165, 1.54) is 41.7 Å². The summed E-state index contributed by atoms with van der Waals surface area (Å²) >= 11 is 1.40. The summed E-state index contributed by atoms with van der Waals surface area (Å²) in [5, 5.41) is 8.42. The second kappa shape index (κ2) is 9.06. The topological polar surface area (TPSA) is 96.5 Å². The second-order valence-electron chi connectivity index (χ2n) is 6.17. The number of urea groups is 1. The minimum atomic E-state index is -4.56. The minimum absolute atomic E-state index is 0.0748. The first kappa shape index (κ1) is 22.7. The van der Waals surface area contributed by atoms with Crippen molar-refractivity contribution in [3.8, 4) is 11.1 Å². The first-order valence-corrected chi connectivity index (χ1v) is 11.0. The molecule has 7 nitrogen and oxygen atoms in total. The van der Waals surface area contributed by atoms with Crippen LogP contribution in [0.2, 0.25) is 0 Å². The molecule has 0 unspecified atom stereocenters. The number of thiophene rings is 1. The highest BCUT2D eigenvalue weighted by atomic mass is 32.2. The van der Waals surface area contributed by atoms with E-state index in [0.717, 1.165) is 24.8 Å². The fourth-order valence-electron chi connectivity index (χ4n) is 2.68. The van der Waals surface area contributed by atoms with Gasteiger partial charge in [-0.25, -0.2) is 13.2 Å². The third kappa shape index (κ3) is 5.61. The fraction of sp³-hybridized carbons (Fsp3) is 0.105. The number of hydrogen-bond donors (Lipinski definition) is 3. The lowest BCUT2D eigenvalue weighted by atomic mass is 10.1. The van der Waals surface area contributed by atoms with Gasteiger partial charge in [-0.3, -0.25) is 4.84 Å². The van der Waals surface area contributed by atoms with Crippen LogP contribution in [-0.4, -0.2) is 21.6 Å². The molecule has 164 valence electrons. The van der Waals surface area contributed by atoms with Crippen LogP contribution < -0.4 is 15.5 Å². The molecule has 0 radical (unpaired) electrons. The Morgan fingerprint density at radius 1 is 1.06 bits per heavy atom. The summed E-state index contributed by atoms with van der Waals surface area (Å²) in [7, 11) is -2.86. The van der Waals surface area contributed by atoms with Crippen LogP contribution in [0.25, 0.3) is 11.1 Å². The zero-order chi connectivity index (χ0) is 22.6. The number of amides is 2. The zero-order valence-corrected chi connectivity index (χ0v) is 17.5. The molecule has 0 aliphatic heterocycles. The molecule has 0 aliphatic carbocycles. The van der Waals surface area contributed by atoms with Crippen molar-refractivity contribution in [1.29, 1.82) is 0 Å². The number of nitrogens with one attached hydrogen (secondary N) is 3. The highest BCUT2D eigenvalue weighted by Gasteiger charge is 2.30. The van der Waals surface area contributed by atoms with Crippen molar-refractivity contribution in [3.05, 3.63) is 64.9 Å². The predicted molar refractivity (Wildman–Crippen MR) is 111 cm³/mol. The van der Waals surface area contributed by atoms with E-state index in [9.17, 15) is 26.4 Å². The molecule has 3 N–H and O–H groups in total. The van der Waals surface area contributed by atoms with Crippen molar-refractivity contribution < 1.29 is 31.2 Å². The number of anilines is 2. The molecule has 1 aromatic heterocycles. The monoisotopic (exact) mass is 471 g/mol. The van der Waals surface area contributed by atoms with Crippen LogP contribution in [0.5, 0.6) is 0 Å². The molecule has 0 fully saturated rings. The molecule has 2 amide bonds. The predicted octanol–water partition coefficient (Wildman–Crippen LogP) is 4.92. The number of rotatable bonds is 6. The van der Waals surface area contributed by atoms with Gasteiger partial charge in [-0.2, -0.15) is 24.5 Å². The summed E-state index contributed by atoms with van der Waals surface area (Å²) in [6.45, 7) is 0. The van der Waals surface area contributed by atoms with Crippen LogP contribution >= 0.6 is 11.3 Å².